The van der Waals surface area contributed by atoms with E-state index in [0.717, 1.165) is 19.3 Å². The summed E-state index contributed by atoms with van der Waals surface area (Å²) in [5.74, 6) is -0.575. The molecule has 1 fully saturated rings. The number of amides is 1. The molecule has 1 aliphatic carbocycles. The first-order valence-corrected chi connectivity index (χ1v) is 8.14. The molecular weight excluding hydrogens is 312 g/mol. The molecule has 7 heteroatoms. The summed E-state index contributed by atoms with van der Waals surface area (Å²) in [5, 5.41) is 13.5. The molecule has 1 aliphatic rings. The van der Waals surface area contributed by atoms with Crippen molar-refractivity contribution in [2.45, 2.75) is 51.7 Å². The van der Waals surface area contributed by atoms with Gasteiger partial charge in [0.15, 0.2) is 6.10 Å². The summed E-state index contributed by atoms with van der Waals surface area (Å²) in [7, 11) is 0. The van der Waals surface area contributed by atoms with Gasteiger partial charge in [-0.1, -0.05) is 19.8 Å². The number of benzene rings is 1. The van der Waals surface area contributed by atoms with Crippen LogP contribution in [-0.4, -0.2) is 28.9 Å². The van der Waals surface area contributed by atoms with Gasteiger partial charge in [0, 0.05) is 18.2 Å². The first-order valence-electron chi connectivity index (χ1n) is 8.14. The fraction of sp³-hybridized carbons (Fsp3) is 0.529. The van der Waals surface area contributed by atoms with E-state index in [2.05, 4.69) is 12.2 Å². The van der Waals surface area contributed by atoms with Gasteiger partial charge >= 0.3 is 5.97 Å². The average Bonchev–Trinajstić information content (AvgIpc) is 2.56. The van der Waals surface area contributed by atoms with Crippen LogP contribution in [0.15, 0.2) is 24.3 Å². The number of ether oxygens (including phenoxy) is 1. The van der Waals surface area contributed by atoms with E-state index in [9.17, 15) is 19.7 Å². The molecule has 1 N–H and O–H groups in total. The Morgan fingerprint density at radius 1 is 1.25 bits per heavy atom. The Kier molecular flexibility index (Phi) is 5.89. The molecule has 2 rings (SSSR count). The van der Waals surface area contributed by atoms with Crippen molar-refractivity contribution in [3.8, 4) is 0 Å². The maximum absolute atomic E-state index is 12.2. The van der Waals surface area contributed by atoms with Gasteiger partial charge in [-0.05, 0) is 37.8 Å². The highest BCUT2D eigenvalue weighted by atomic mass is 16.6. The molecule has 24 heavy (non-hydrogen) atoms. The quantitative estimate of drug-likeness (QED) is 0.507. The minimum atomic E-state index is -0.915. The molecule has 0 saturated heterocycles. The first-order chi connectivity index (χ1) is 11.4. The summed E-state index contributed by atoms with van der Waals surface area (Å²) in [6.45, 7) is 3.63. The summed E-state index contributed by atoms with van der Waals surface area (Å²) in [6, 6.07) is 5.20. The van der Waals surface area contributed by atoms with Gasteiger partial charge in [-0.25, -0.2) is 4.79 Å². The number of carbonyl (C=O) groups is 2. The summed E-state index contributed by atoms with van der Waals surface area (Å²) in [4.78, 5) is 34.3. The van der Waals surface area contributed by atoms with Gasteiger partial charge in [0.25, 0.3) is 11.6 Å². The fourth-order valence-corrected chi connectivity index (χ4v) is 2.83. The number of carbonyl (C=O) groups excluding carboxylic acids is 2. The van der Waals surface area contributed by atoms with Gasteiger partial charge < -0.3 is 10.1 Å². The Labute approximate surface area is 140 Å². The average molecular weight is 334 g/mol. The van der Waals surface area contributed by atoms with E-state index >= 15 is 0 Å². The van der Waals surface area contributed by atoms with Crippen molar-refractivity contribution >= 4 is 17.6 Å². The zero-order chi connectivity index (χ0) is 17.7. The molecule has 1 aromatic carbocycles. The number of nitrogens with zero attached hydrogens (tertiary/aromatic N) is 1. The van der Waals surface area contributed by atoms with Crippen LogP contribution in [-0.2, 0) is 9.53 Å². The maximum atomic E-state index is 12.2. The highest BCUT2D eigenvalue weighted by molar-refractivity contribution is 5.92. The number of rotatable bonds is 5. The summed E-state index contributed by atoms with van der Waals surface area (Å²) >= 11 is 0. The molecule has 0 aliphatic heterocycles. The molecule has 1 aromatic rings. The number of hydrogen-bond acceptors (Lipinski definition) is 5. The summed E-state index contributed by atoms with van der Waals surface area (Å²) in [5.41, 5.74) is 0.0647. The van der Waals surface area contributed by atoms with E-state index in [1.165, 1.54) is 37.6 Å². The topological polar surface area (TPSA) is 98.5 Å². The minimum Gasteiger partial charge on any atom is -0.449 e. The van der Waals surface area contributed by atoms with Crippen molar-refractivity contribution in [3.63, 3.8) is 0 Å². The number of non-ortho nitro benzene ring substituents is 1. The van der Waals surface area contributed by atoms with Crippen LogP contribution in [0.3, 0.4) is 0 Å². The van der Waals surface area contributed by atoms with Crippen molar-refractivity contribution in [2.75, 3.05) is 0 Å². The predicted molar refractivity (Wildman–Crippen MR) is 87.5 cm³/mol. The van der Waals surface area contributed by atoms with E-state index < -0.39 is 17.0 Å². The maximum Gasteiger partial charge on any atom is 0.338 e. The van der Waals surface area contributed by atoms with E-state index in [0.29, 0.717) is 5.92 Å². The van der Waals surface area contributed by atoms with Crippen LogP contribution in [0.5, 0.6) is 0 Å². The standard InChI is InChI=1S/C17H22N2O5/c1-11-5-3-4-6-15(11)18-16(20)12(2)24-17(21)13-7-9-14(10-8-13)19(22)23/h7-12,15H,3-6H2,1-2H3,(H,18,20)/t11-,12+,15-/m0/s1. The van der Waals surface area contributed by atoms with Crippen LogP contribution in [0.25, 0.3) is 0 Å². The molecule has 7 nitrogen and oxygen atoms in total. The van der Waals surface area contributed by atoms with E-state index in [4.69, 9.17) is 4.74 Å². The van der Waals surface area contributed by atoms with Gasteiger partial charge in [0.05, 0.1) is 10.5 Å². The van der Waals surface area contributed by atoms with Crippen LogP contribution in [0.1, 0.15) is 49.9 Å². The lowest BCUT2D eigenvalue weighted by atomic mass is 9.86. The Morgan fingerprint density at radius 2 is 1.88 bits per heavy atom. The van der Waals surface area contributed by atoms with Gasteiger partial charge in [-0.3, -0.25) is 14.9 Å². The molecule has 0 unspecified atom stereocenters. The minimum absolute atomic E-state index is 0.108. The van der Waals surface area contributed by atoms with E-state index in [-0.39, 0.29) is 23.2 Å². The number of nitrogens with one attached hydrogen (secondary N) is 1. The number of nitro benzene ring substituents is 1. The Balaban J connectivity index is 1.90. The van der Waals surface area contributed by atoms with Crippen molar-refractivity contribution in [1.29, 1.82) is 0 Å². The zero-order valence-electron chi connectivity index (χ0n) is 13.9. The van der Waals surface area contributed by atoms with Crippen molar-refractivity contribution in [1.82, 2.24) is 5.32 Å². The van der Waals surface area contributed by atoms with Crippen molar-refractivity contribution in [3.05, 3.63) is 39.9 Å². The Morgan fingerprint density at radius 3 is 2.46 bits per heavy atom. The number of nitro groups is 1. The second-order valence-electron chi connectivity index (χ2n) is 6.23. The van der Waals surface area contributed by atoms with E-state index in [1.807, 2.05) is 0 Å². The van der Waals surface area contributed by atoms with Crippen LogP contribution >= 0.6 is 0 Å². The Hall–Kier alpha value is -2.44. The molecule has 0 radical (unpaired) electrons. The van der Waals surface area contributed by atoms with Gasteiger partial charge in [-0.15, -0.1) is 0 Å². The molecule has 3 atom stereocenters. The second-order valence-corrected chi connectivity index (χ2v) is 6.23. The van der Waals surface area contributed by atoms with Crippen LogP contribution < -0.4 is 5.32 Å². The van der Waals surface area contributed by atoms with Gasteiger partial charge in [-0.2, -0.15) is 0 Å². The smallest absolute Gasteiger partial charge is 0.338 e. The monoisotopic (exact) mass is 334 g/mol. The third-order valence-corrected chi connectivity index (χ3v) is 4.41. The molecule has 0 aromatic heterocycles. The zero-order valence-corrected chi connectivity index (χ0v) is 13.9. The molecule has 130 valence electrons. The third-order valence-electron chi connectivity index (χ3n) is 4.41. The third kappa shape index (κ3) is 4.53. The van der Waals surface area contributed by atoms with Crippen molar-refractivity contribution < 1.29 is 19.2 Å². The Bertz CT molecular complexity index is 614. The van der Waals surface area contributed by atoms with Crippen LogP contribution in [0.2, 0.25) is 0 Å². The van der Waals surface area contributed by atoms with Gasteiger partial charge in [0.1, 0.15) is 0 Å². The SMILES string of the molecule is C[C@@H](OC(=O)c1ccc([N+](=O)[O-])cc1)C(=O)N[C@H]1CCCC[C@@H]1C. The molecule has 0 heterocycles. The predicted octanol–water partition coefficient (Wildman–Crippen LogP) is 2.84. The highest BCUT2D eigenvalue weighted by Gasteiger charge is 2.26. The number of hydrogen-bond donors (Lipinski definition) is 1. The van der Waals surface area contributed by atoms with Gasteiger partial charge in [0.2, 0.25) is 0 Å². The largest absolute Gasteiger partial charge is 0.449 e. The summed E-state index contributed by atoms with van der Waals surface area (Å²) in [6.07, 6.45) is 3.38. The summed E-state index contributed by atoms with van der Waals surface area (Å²) < 4.78 is 5.15. The van der Waals surface area contributed by atoms with Crippen molar-refractivity contribution in [2.24, 2.45) is 5.92 Å². The highest BCUT2D eigenvalue weighted by Crippen LogP contribution is 2.23. The molecule has 0 bridgehead atoms. The second kappa shape index (κ2) is 7.90. The molecular formula is C17H22N2O5. The molecule has 1 saturated carbocycles. The normalized spacial score (nSPS) is 21.6. The van der Waals surface area contributed by atoms with Crippen LogP contribution in [0.4, 0.5) is 5.69 Å². The lowest BCUT2D eigenvalue weighted by Crippen LogP contribution is -2.45. The lowest BCUT2D eigenvalue weighted by molar-refractivity contribution is -0.384. The molecule has 0 spiro atoms. The first kappa shape index (κ1) is 17.9. The molecule has 1 amide bonds. The lowest BCUT2D eigenvalue weighted by Gasteiger charge is -2.30. The van der Waals surface area contributed by atoms with E-state index in [1.54, 1.807) is 0 Å². The number of esters is 1. The fourth-order valence-electron chi connectivity index (χ4n) is 2.83. The van der Waals surface area contributed by atoms with Crippen LogP contribution in [0, 0.1) is 16.0 Å².